The van der Waals surface area contributed by atoms with Crippen molar-refractivity contribution < 1.29 is 0 Å². The highest BCUT2D eigenvalue weighted by molar-refractivity contribution is 7.72. The standard InChI is InChI=1S/C16H8N4S/c21-16-9-1-6-19-14-10-7-17-4-2-12(10)20(15(9)14)13-3-5-18-8-11(13)16/h1-8H. The number of fused-ring (bicyclic) bond motifs is 5. The van der Waals surface area contributed by atoms with E-state index in [4.69, 9.17) is 12.2 Å². The molecule has 0 N–H and O–H groups in total. The van der Waals surface area contributed by atoms with Gasteiger partial charge in [0.15, 0.2) is 0 Å². The lowest BCUT2D eigenvalue weighted by molar-refractivity contribution is 1.28. The van der Waals surface area contributed by atoms with Crippen LogP contribution < -0.4 is 0 Å². The molecule has 5 heteroatoms. The minimum Gasteiger partial charge on any atom is -0.306 e. The first kappa shape index (κ1) is 11.0. The van der Waals surface area contributed by atoms with Crippen molar-refractivity contribution in [2.75, 3.05) is 0 Å². The zero-order valence-corrected chi connectivity index (χ0v) is 11.6. The van der Waals surface area contributed by atoms with Crippen molar-refractivity contribution in [3.05, 3.63) is 53.7 Å². The molecule has 0 aliphatic rings. The zero-order valence-electron chi connectivity index (χ0n) is 10.8. The Bertz CT molecular complexity index is 1210. The third-order valence-electron chi connectivity index (χ3n) is 3.97. The third kappa shape index (κ3) is 1.24. The first-order valence-corrected chi connectivity index (χ1v) is 6.99. The van der Waals surface area contributed by atoms with Crippen molar-refractivity contribution in [3.63, 3.8) is 0 Å². The van der Waals surface area contributed by atoms with Crippen LogP contribution in [0.4, 0.5) is 0 Å². The maximum Gasteiger partial charge on any atom is 0.0985 e. The van der Waals surface area contributed by atoms with E-state index >= 15 is 0 Å². The summed E-state index contributed by atoms with van der Waals surface area (Å²) in [6.45, 7) is 0. The molecule has 0 unspecified atom stereocenters. The van der Waals surface area contributed by atoms with Crippen LogP contribution in [0.5, 0.6) is 0 Å². The Morgan fingerprint density at radius 1 is 0.810 bits per heavy atom. The van der Waals surface area contributed by atoms with Crippen LogP contribution in [0, 0.1) is 4.51 Å². The molecule has 5 rings (SSSR count). The number of pyridine rings is 4. The molecule has 5 aromatic rings. The highest BCUT2D eigenvalue weighted by Gasteiger charge is 2.15. The van der Waals surface area contributed by atoms with Crippen molar-refractivity contribution >= 4 is 50.4 Å². The lowest BCUT2D eigenvalue weighted by Crippen LogP contribution is -1.92. The molecule has 0 aromatic carbocycles. The maximum atomic E-state index is 5.66. The summed E-state index contributed by atoms with van der Waals surface area (Å²) in [6, 6.07) is 5.99. The number of hydrogen-bond acceptors (Lipinski definition) is 4. The lowest BCUT2D eigenvalue weighted by Gasteiger charge is -2.06. The second-order valence-corrected chi connectivity index (χ2v) is 5.41. The monoisotopic (exact) mass is 288 g/mol. The van der Waals surface area contributed by atoms with Crippen LogP contribution in [-0.4, -0.2) is 19.4 Å². The molecule has 98 valence electrons. The minimum atomic E-state index is 0.828. The Morgan fingerprint density at radius 2 is 1.52 bits per heavy atom. The fraction of sp³-hybridized carbons (Fsp3) is 0. The van der Waals surface area contributed by atoms with Crippen molar-refractivity contribution in [1.82, 2.24) is 19.4 Å². The molecule has 0 saturated carbocycles. The smallest absolute Gasteiger partial charge is 0.0985 e. The topological polar surface area (TPSA) is 43.1 Å². The SMILES string of the molecule is S=c1c2cnccc2n2c3ccncc3c3nccc1c32. The van der Waals surface area contributed by atoms with Gasteiger partial charge in [0.1, 0.15) is 0 Å². The third-order valence-corrected chi connectivity index (χ3v) is 4.41. The quantitative estimate of drug-likeness (QED) is 0.321. The maximum absolute atomic E-state index is 5.66. The number of aromatic nitrogens is 4. The van der Waals surface area contributed by atoms with Gasteiger partial charge in [-0.05, 0) is 18.2 Å². The van der Waals surface area contributed by atoms with E-state index in [1.165, 1.54) is 0 Å². The van der Waals surface area contributed by atoms with Crippen LogP contribution in [0.15, 0.2) is 49.2 Å². The van der Waals surface area contributed by atoms with Crippen LogP contribution in [0.25, 0.3) is 38.2 Å². The van der Waals surface area contributed by atoms with Gasteiger partial charge in [0.25, 0.3) is 0 Å². The van der Waals surface area contributed by atoms with Crippen molar-refractivity contribution in [1.29, 1.82) is 0 Å². The van der Waals surface area contributed by atoms with E-state index in [1.54, 1.807) is 12.4 Å². The van der Waals surface area contributed by atoms with E-state index in [1.807, 2.05) is 36.8 Å². The predicted octanol–water partition coefficient (Wildman–Crippen LogP) is 3.75. The Labute approximate surface area is 124 Å². The summed E-state index contributed by atoms with van der Waals surface area (Å²) in [4.78, 5) is 13.0. The molecule has 21 heavy (non-hydrogen) atoms. The zero-order chi connectivity index (χ0) is 14.0. The molecule has 0 bridgehead atoms. The van der Waals surface area contributed by atoms with Gasteiger partial charge in [-0.3, -0.25) is 15.0 Å². The van der Waals surface area contributed by atoms with Crippen molar-refractivity contribution in [2.24, 2.45) is 0 Å². The molecule has 0 amide bonds. The van der Waals surface area contributed by atoms with Gasteiger partial charge in [-0.15, -0.1) is 0 Å². The normalized spacial score (nSPS) is 12.0. The summed E-state index contributed by atoms with van der Waals surface area (Å²) in [5, 5.41) is 3.07. The molecule has 0 aliphatic heterocycles. The van der Waals surface area contributed by atoms with Gasteiger partial charge >= 0.3 is 0 Å². The number of hydrogen-bond donors (Lipinski definition) is 0. The molecule has 5 aromatic heterocycles. The highest BCUT2D eigenvalue weighted by atomic mass is 32.1. The molecule has 0 spiro atoms. The average molecular weight is 288 g/mol. The summed E-state index contributed by atoms with van der Waals surface area (Å²) in [6.07, 6.45) is 9.10. The summed E-state index contributed by atoms with van der Waals surface area (Å²) in [5.41, 5.74) is 4.15. The van der Waals surface area contributed by atoms with E-state index in [0.29, 0.717) is 0 Å². The summed E-state index contributed by atoms with van der Waals surface area (Å²) in [7, 11) is 0. The molecule has 0 saturated heterocycles. The van der Waals surface area contributed by atoms with Crippen LogP contribution in [0.2, 0.25) is 0 Å². The molecular formula is C16H8N4S. The summed E-state index contributed by atoms with van der Waals surface area (Å²) in [5.74, 6) is 0. The summed E-state index contributed by atoms with van der Waals surface area (Å²) < 4.78 is 3.04. The van der Waals surface area contributed by atoms with Gasteiger partial charge in [0, 0.05) is 47.1 Å². The van der Waals surface area contributed by atoms with Gasteiger partial charge in [-0.2, -0.15) is 0 Å². The first-order valence-electron chi connectivity index (χ1n) is 6.58. The van der Waals surface area contributed by atoms with Crippen LogP contribution in [0.1, 0.15) is 0 Å². The number of rotatable bonds is 0. The first-order chi connectivity index (χ1) is 10.4. The van der Waals surface area contributed by atoms with Crippen LogP contribution >= 0.6 is 12.2 Å². The Morgan fingerprint density at radius 3 is 2.33 bits per heavy atom. The second kappa shape index (κ2) is 3.71. The molecular weight excluding hydrogens is 280 g/mol. The average Bonchev–Trinajstić information content (AvgIpc) is 2.88. The number of nitrogens with zero attached hydrogens (tertiary/aromatic N) is 4. The van der Waals surface area contributed by atoms with E-state index < -0.39 is 0 Å². The summed E-state index contributed by atoms with van der Waals surface area (Å²) >= 11 is 5.66. The molecule has 0 radical (unpaired) electrons. The molecule has 0 atom stereocenters. The molecule has 5 heterocycles. The lowest BCUT2D eigenvalue weighted by atomic mass is 10.2. The fourth-order valence-electron chi connectivity index (χ4n) is 3.10. The Hall–Kier alpha value is -2.66. The fourth-order valence-corrected chi connectivity index (χ4v) is 3.42. The van der Waals surface area contributed by atoms with Gasteiger partial charge in [-0.1, -0.05) is 12.2 Å². The Kier molecular flexibility index (Phi) is 1.95. The van der Waals surface area contributed by atoms with E-state index in [0.717, 1.165) is 42.7 Å². The second-order valence-electron chi connectivity index (χ2n) is 5.01. The van der Waals surface area contributed by atoms with E-state index in [2.05, 4.69) is 19.4 Å². The van der Waals surface area contributed by atoms with E-state index in [-0.39, 0.29) is 0 Å². The van der Waals surface area contributed by atoms with E-state index in [9.17, 15) is 0 Å². The highest BCUT2D eigenvalue weighted by Crippen LogP contribution is 2.34. The minimum absolute atomic E-state index is 0.828. The molecule has 0 fully saturated rings. The van der Waals surface area contributed by atoms with Crippen LogP contribution in [0.3, 0.4) is 0 Å². The van der Waals surface area contributed by atoms with Gasteiger partial charge in [-0.25, -0.2) is 0 Å². The molecule has 4 nitrogen and oxygen atoms in total. The van der Waals surface area contributed by atoms with Crippen molar-refractivity contribution in [3.8, 4) is 0 Å². The largest absolute Gasteiger partial charge is 0.306 e. The predicted molar refractivity (Wildman–Crippen MR) is 85.3 cm³/mol. The van der Waals surface area contributed by atoms with Crippen molar-refractivity contribution in [2.45, 2.75) is 0 Å². The van der Waals surface area contributed by atoms with Crippen LogP contribution in [-0.2, 0) is 0 Å². The van der Waals surface area contributed by atoms with Gasteiger partial charge in [0.05, 0.1) is 26.6 Å². The van der Waals surface area contributed by atoms with Gasteiger partial charge in [0.2, 0.25) is 0 Å². The Balaban J connectivity index is 2.35. The molecule has 0 aliphatic carbocycles. The van der Waals surface area contributed by atoms with Gasteiger partial charge < -0.3 is 4.40 Å².